The molecule has 0 aromatic heterocycles. The Morgan fingerprint density at radius 2 is 1.68 bits per heavy atom. The predicted molar refractivity (Wildman–Crippen MR) is 110 cm³/mol. The minimum Gasteiger partial charge on any atom is -0.497 e. The zero-order chi connectivity index (χ0) is 22.3. The monoisotopic (exact) mass is 437 g/mol. The topological polar surface area (TPSA) is 62.8 Å². The molecule has 2 amide bonds. The van der Waals surface area contributed by atoms with Crippen LogP contribution in [0.25, 0.3) is 0 Å². The van der Waals surface area contributed by atoms with Crippen molar-refractivity contribution in [1.29, 1.82) is 0 Å². The van der Waals surface area contributed by atoms with Crippen LogP contribution in [-0.4, -0.2) is 44.3 Å². The molecule has 2 aromatic rings. The molecule has 3 rings (SSSR count). The highest BCUT2D eigenvalue weighted by Crippen LogP contribution is 2.34. The van der Waals surface area contributed by atoms with E-state index >= 15 is 0 Å². The predicted octanol–water partition coefficient (Wildman–Crippen LogP) is 3.55. The zero-order valence-corrected chi connectivity index (χ0v) is 17.3. The number of carbonyl (C=O) groups is 1. The summed E-state index contributed by atoms with van der Waals surface area (Å²) in [4.78, 5) is 14.5. The smallest absolute Gasteiger partial charge is 0.416 e. The average molecular weight is 437 g/mol. The first kappa shape index (κ1) is 22.9. The van der Waals surface area contributed by atoms with E-state index in [9.17, 15) is 18.0 Å². The molecule has 168 valence electrons. The second-order valence-corrected chi connectivity index (χ2v) is 7.21. The quantitative estimate of drug-likeness (QED) is 0.696. The highest BCUT2D eigenvalue weighted by Gasteiger charge is 2.33. The molecule has 6 nitrogen and oxygen atoms in total. The molecule has 1 aliphatic heterocycles. The van der Waals surface area contributed by atoms with Crippen molar-refractivity contribution >= 4 is 6.03 Å². The number of methoxy groups -OCH3 is 1. The second kappa shape index (κ2) is 10.5. The van der Waals surface area contributed by atoms with Gasteiger partial charge in [0, 0.05) is 32.7 Å². The van der Waals surface area contributed by atoms with E-state index < -0.39 is 17.8 Å². The summed E-state index contributed by atoms with van der Waals surface area (Å²) in [5.41, 5.74) is 1.20. The van der Waals surface area contributed by atoms with Crippen LogP contribution < -0.4 is 15.4 Å². The number of ether oxygens (including phenoxy) is 2. The summed E-state index contributed by atoms with van der Waals surface area (Å²) in [6, 6.07) is 10.9. The summed E-state index contributed by atoms with van der Waals surface area (Å²) >= 11 is 0. The fourth-order valence-corrected chi connectivity index (χ4v) is 3.40. The third kappa shape index (κ3) is 6.60. The average Bonchev–Trinajstić information content (AvgIpc) is 2.77. The number of halogens is 3. The third-order valence-corrected chi connectivity index (χ3v) is 5.12. The SMILES string of the molecule is COc1ccc(CNC(=O)NCc2ccccc2CN2CCOCC2)c(C(F)(F)F)c1. The number of urea groups is 1. The van der Waals surface area contributed by atoms with E-state index in [0.717, 1.165) is 36.8 Å². The van der Waals surface area contributed by atoms with Gasteiger partial charge in [0.2, 0.25) is 0 Å². The van der Waals surface area contributed by atoms with Crippen molar-refractivity contribution in [2.75, 3.05) is 33.4 Å². The minimum absolute atomic E-state index is 0.0313. The minimum atomic E-state index is -4.54. The molecule has 31 heavy (non-hydrogen) atoms. The molecule has 1 aliphatic rings. The van der Waals surface area contributed by atoms with Gasteiger partial charge in [-0.05, 0) is 28.8 Å². The molecule has 0 aliphatic carbocycles. The molecule has 2 aromatic carbocycles. The standard InChI is InChI=1S/C22H26F3N3O3/c1-30-19-7-6-17(20(12-19)22(23,24)25)14-27-21(29)26-13-16-4-2-3-5-18(16)15-28-8-10-31-11-9-28/h2-7,12H,8-11,13-15H2,1H3,(H2,26,27,29). The summed E-state index contributed by atoms with van der Waals surface area (Å²) in [6.45, 7) is 3.89. The van der Waals surface area contributed by atoms with Crippen molar-refractivity contribution < 1.29 is 27.4 Å². The molecular formula is C22H26F3N3O3. The van der Waals surface area contributed by atoms with Crippen LogP contribution in [0.1, 0.15) is 22.3 Å². The number of benzene rings is 2. The van der Waals surface area contributed by atoms with Gasteiger partial charge in [-0.15, -0.1) is 0 Å². The fraction of sp³-hybridized carbons (Fsp3) is 0.409. The van der Waals surface area contributed by atoms with Gasteiger partial charge in [0.25, 0.3) is 0 Å². The Morgan fingerprint density at radius 3 is 2.32 bits per heavy atom. The largest absolute Gasteiger partial charge is 0.497 e. The first-order valence-corrected chi connectivity index (χ1v) is 9.99. The van der Waals surface area contributed by atoms with Gasteiger partial charge < -0.3 is 20.1 Å². The van der Waals surface area contributed by atoms with Gasteiger partial charge in [-0.2, -0.15) is 13.2 Å². The lowest BCUT2D eigenvalue weighted by atomic mass is 10.1. The normalized spacial score (nSPS) is 14.8. The van der Waals surface area contributed by atoms with Gasteiger partial charge in [0.1, 0.15) is 5.75 Å². The number of carbonyl (C=O) groups excluding carboxylic acids is 1. The molecule has 1 heterocycles. The Labute approximate surface area is 179 Å². The molecule has 0 atom stereocenters. The third-order valence-electron chi connectivity index (χ3n) is 5.12. The number of rotatable bonds is 7. The summed E-state index contributed by atoms with van der Waals surface area (Å²) in [7, 11) is 1.30. The highest BCUT2D eigenvalue weighted by molar-refractivity contribution is 5.74. The second-order valence-electron chi connectivity index (χ2n) is 7.21. The maximum Gasteiger partial charge on any atom is 0.416 e. The first-order chi connectivity index (χ1) is 14.9. The lowest BCUT2D eigenvalue weighted by molar-refractivity contribution is -0.138. The molecule has 0 spiro atoms. The number of nitrogens with zero attached hydrogens (tertiary/aromatic N) is 1. The van der Waals surface area contributed by atoms with Crippen LogP contribution in [0.2, 0.25) is 0 Å². The van der Waals surface area contributed by atoms with E-state index in [0.29, 0.717) is 13.2 Å². The van der Waals surface area contributed by atoms with Crippen LogP contribution in [-0.2, 0) is 30.5 Å². The Bertz CT molecular complexity index is 884. The Kier molecular flexibility index (Phi) is 7.75. The van der Waals surface area contributed by atoms with Crippen LogP contribution in [0.5, 0.6) is 5.75 Å². The van der Waals surface area contributed by atoms with Crippen molar-refractivity contribution in [3.05, 3.63) is 64.7 Å². The number of morpholine rings is 1. The Hall–Kier alpha value is -2.78. The van der Waals surface area contributed by atoms with E-state index in [1.165, 1.54) is 19.2 Å². The molecule has 0 radical (unpaired) electrons. The molecule has 0 unspecified atom stereocenters. The van der Waals surface area contributed by atoms with E-state index in [-0.39, 0.29) is 24.4 Å². The van der Waals surface area contributed by atoms with Gasteiger partial charge in [0.05, 0.1) is 25.9 Å². The first-order valence-electron chi connectivity index (χ1n) is 9.99. The van der Waals surface area contributed by atoms with Crippen molar-refractivity contribution in [2.24, 2.45) is 0 Å². The lowest BCUT2D eigenvalue weighted by Gasteiger charge is -2.27. The molecule has 2 N–H and O–H groups in total. The zero-order valence-electron chi connectivity index (χ0n) is 17.3. The van der Waals surface area contributed by atoms with Crippen molar-refractivity contribution in [2.45, 2.75) is 25.8 Å². The van der Waals surface area contributed by atoms with Crippen LogP contribution in [0.3, 0.4) is 0 Å². The van der Waals surface area contributed by atoms with Crippen LogP contribution in [0, 0.1) is 0 Å². The van der Waals surface area contributed by atoms with Gasteiger partial charge in [-0.1, -0.05) is 30.3 Å². The maximum atomic E-state index is 13.3. The van der Waals surface area contributed by atoms with E-state index in [1.807, 2.05) is 24.3 Å². The van der Waals surface area contributed by atoms with Gasteiger partial charge in [-0.3, -0.25) is 4.90 Å². The fourth-order valence-electron chi connectivity index (χ4n) is 3.40. The number of alkyl halides is 3. The maximum absolute atomic E-state index is 13.3. The highest BCUT2D eigenvalue weighted by atomic mass is 19.4. The van der Waals surface area contributed by atoms with E-state index in [4.69, 9.17) is 9.47 Å². The number of nitrogens with one attached hydrogen (secondary N) is 2. The van der Waals surface area contributed by atoms with Crippen LogP contribution in [0.15, 0.2) is 42.5 Å². The van der Waals surface area contributed by atoms with Gasteiger partial charge >= 0.3 is 12.2 Å². The molecule has 1 saturated heterocycles. The number of hydrogen-bond acceptors (Lipinski definition) is 4. The van der Waals surface area contributed by atoms with Gasteiger partial charge in [0.15, 0.2) is 0 Å². The molecule has 1 fully saturated rings. The summed E-state index contributed by atoms with van der Waals surface area (Å²) in [5, 5.41) is 5.23. The summed E-state index contributed by atoms with van der Waals surface area (Å²) in [5.74, 6) is 0.109. The Balaban J connectivity index is 1.57. The van der Waals surface area contributed by atoms with E-state index in [1.54, 1.807) is 0 Å². The molecule has 0 saturated carbocycles. The molecular weight excluding hydrogens is 411 g/mol. The summed E-state index contributed by atoms with van der Waals surface area (Å²) < 4.78 is 50.1. The Morgan fingerprint density at radius 1 is 1.03 bits per heavy atom. The van der Waals surface area contributed by atoms with Crippen molar-refractivity contribution in [1.82, 2.24) is 15.5 Å². The van der Waals surface area contributed by atoms with Crippen molar-refractivity contribution in [3.63, 3.8) is 0 Å². The molecule has 9 heteroatoms. The van der Waals surface area contributed by atoms with Crippen molar-refractivity contribution in [3.8, 4) is 5.75 Å². The lowest BCUT2D eigenvalue weighted by Crippen LogP contribution is -2.37. The van der Waals surface area contributed by atoms with Crippen LogP contribution >= 0.6 is 0 Å². The number of hydrogen-bond donors (Lipinski definition) is 2. The van der Waals surface area contributed by atoms with Crippen LogP contribution in [0.4, 0.5) is 18.0 Å². The summed E-state index contributed by atoms with van der Waals surface area (Å²) in [6.07, 6.45) is -4.54. The van der Waals surface area contributed by atoms with Gasteiger partial charge in [-0.25, -0.2) is 4.79 Å². The van der Waals surface area contributed by atoms with E-state index in [2.05, 4.69) is 15.5 Å². The number of amides is 2. The molecule has 0 bridgehead atoms.